The highest BCUT2D eigenvalue weighted by Gasteiger charge is 2.29. The van der Waals surface area contributed by atoms with Crippen molar-refractivity contribution in [1.82, 2.24) is 14.0 Å². The van der Waals surface area contributed by atoms with Gasteiger partial charge in [-0.15, -0.1) is 0 Å². The van der Waals surface area contributed by atoms with Crippen molar-refractivity contribution in [1.29, 1.82) is 0 Å². The average Bonchev–Trinajstić information content (AvgIpc) is 3.05. The summed E-state index contributed by atoms with van der Waals surface area (Å²) in [5, 5.41) is 0. The lowest BCUT2D eigenvalue weighted by Crippen LogP contribution is -2.21. The fourth-order valence-electron chi connectivity index (χ4n) is 2.72. The summed E-state index contributed by atoms with van der Waals surface area (Å²) in [6.07, 6.45) is 1.33. The fraction of sp³-hybridized carbons (Fsp3) is 0.294. The van der Waals surface area contributed by atoms with Crippen LogP contribution in [0, 0.1) is 0 Å². The molecule has 27 heavy (non-hydrogen) atoms. The zero-order valence-corrected chi connectivity index (χ0v) is 15.3. The van der Waals surface area contributed by atoms with Crippen LogP contribution < -0.4 is 10.3 Å². The minimum Gasteiger partial charge on any atom is -0.483 e. The van der Waals surface area contributed by atoms with Crippen LogP contribution in [0.3, 0.4) is 0 Å². The quantitative estimate of drug-likeness (QED) is 0.661. The molecule has 0 fully saturated rings. The fourth-order valence-corrected chi connectivity index (χ4v) is 3.37. The molecule has 1 unspecified atom stereocenters. The standard InChI is InChI=1S/C17H16F3N3O3S/c1-22-7-14(23-10-21-6-13(23)16(22)24)12-5-11(8-27(2)25)3-4-15(12)26-9-17(18,19)20/h3-7,10H,8-9H2,1-2H3. The predicted molar refractivity (Wildman–Crippen MR) is 95.2 cm³/mol. The molecule has 2 aromatic heterocycles. The second-order valence-corrected chi connectivity index (χ2v) is 7.47. The zero-order valence-electron chi connectivity index (χ0n) is 14.5. The second-order valence-electron chi connectivity index (χ2n) is 6.03. The van der Waals surface area contributed by atoms with Gasteiger partial charge >= 0.3 is 6.18 Å². The van der Waals surface area contributed by atoms with E-state index in [4.69, 9.17) is 4.74 Å². The van der Waals surface area contributed by atoms with Crippen molar-refractivity contribution in [3.8, 4) is 17.0 Å². The van der Waals surface area contributed by atoms with Gasteiger partial charge in [-0.25, -0.2) is 4.98 Å². The van der Waals surface area contributed by atoms with Crippen LogP contribution in [0.25, 0.3) is 16.8 Å². The van der Waals surface area contributed by atoms with Crippen LogP contribution in [0.4, 0.5) is 13.2 Å². The molecule has 3 rings (SSSR count). The van der Waals surface area contributed by atoms with Gasteiger partial charge in [-0.05, 0) is 17.7 Å². The minimum atomic E-state index is -4.49. The molecule has 0 bridgehead atoms. The molecule has 0 amide bonds. The highest BCUT2D eigenvalue weighted by atomic mass is 32.2. The summed E-state index contributed by atoms with van der Waals surface area (Å²) in [5.41, 5.74) is 1.44. The lowest BCUT2D eigenvalue weighted by molar-refractivity contribution is -0.153. The van der Waals surface area contributed by atoms with E-state index in [0.29, 0.717) is 16.8 Å². The molecule has 0 aliphatic carbocycles. The summed E-state index contributed by atoms with van der Waals surface area (Å²) in [7, 11) is 0.413. The maximum absolute atomic E-state index is 12.6. The SMILES string of the molecule is Cn1cc(-c2cc(CS(C)=O)ccc2OCC(F)(F)F)n2cncc2c1=O. The Labute approximate surface area is 154 Å². The molecule has 10 heteroatoms. The second kappa shape index (κ2) is 7.18. The van der Waals surface area contributed by atoms with E-state index in [9.17, 15) is 22.2 Å². The van der Waals surface area contributed by atoms with Crippen molar-refractivity contribution in [3.63, 3.8) is 0 Å². The Balaban J connectivity index is 2.19. The summed E-state index contributed by atoms with van der Waals surface area (Å²) in [6.45, 7) is -1.45. The van der Waals surface area contributed by atoms with Gasteiger partial charge in [-0.3, -0.25) is 13.4 Å². The van der Waals surface area contributed by atoms with E-state index in [1.54, 1.807) is 19.2 Å². The third-order valence-electron chi connectivity index (χ3n) is 3.83. The van der Waals surface area contributed by atoms with E-state index in [0.717, 1.165) is 0 Å². The first kappa shape index (κ1) is 19.2. The predicted octanol–water partition coefficient (Wildman–Crippen LogP) is 2.52. The number of halogens is 3. The smallest absolute Gasteiger partial charge is 0.422 e. The van der Waals surface area contributed by atoms with E-state index in [2.05, 4.69) is 4.98 Å². The molecule has 1 atom stereocenters. The molecule has 0 spiro atoms. The number of aryl methyl sites for hydroxylation is 1. The largest absolute Gasteiger partial charge is 0.483 e. The first-order chi connectivity index (χ1) is 12.7. The Bertz CT molecular complexity index is 1070. The number of rotatable bonds is 5. The van der Waals surface area contributed by atoms with Gasteiger partial charge in [0.25, 0.3) is 5.56 Å². The Morgan fingerprint density at radius 3 is 2.70 bits per heavy atom. The summed E-state index contributed by atoms with van der Waals surface area (Å²) in [5.74, 6) is 0.248. The van der Waals surface area contributed by atoms with Crippen molar-refractivity contribution >= 4 is 16.3 Å². The molecule has 0 aliphatic heterocycles. The molecule has 0 aliphatic rings. The van der Waals surface area contributed by atoms with Crippen LogP contribution in [0.2, 0.25) is 0 Å². The number of nitrogens with zero attached hydrogens (tertiary/aromatic N) is 3. The van der Waals surface area contributed by atoms with Crippen LogP contribution in [0.1, 0.15) is 5.56 Å². The van der Waals surface area contributed by atoms with Crippen LogP contribution >= 0.6 is 0 Å². The van der Waals surface area contributed by atoms with Crippen LogP contribution in [0.5, 0.6) is 5.75 Å². The molecular weight excluding hydrogens is 383 g/mol. The molecule has 0 saturated heterocycles. The van der Waals surface area contributed by atoms with Gasteiger partial charge in [-0.2, -0.15) is 13.2 Å². The molecule has 6 nitrogen and oxygen atoms in total. The van der Waals surface area contributed by atoms with E-state index in [1.807, 2.05) is 0 Å². The lowest BCUT2D eigenvalue weighted by atomic mass is 10.1. The molecule has 3 aromatic rings. The Kier molecular flexibility index (Phi) is 5.09. The van der Waals surface area contributed by atoms with Crippen molar-refractivity contribution in [3.05, 3.63) is 52.8 Å². The monoisotopic (exact) mass is 399 g/mol. The van der Waals surface area contributed by atoms with Crippen molar-refractivity contribution in [2.24, 2.45) is 7.05 Å². The summed E-state index contributed by atoms with van der Waals surface area (Å²) >= 11 is 0. The van der Waals surface area contributed by atoms with Gasteiger partial charge < -0.3 is 9.30 Å². The van der Waals surface area contributed by atoms with E-state index < -0.39 is 23.6 Å². The Morgan fingerprint density at radius 2 is 2.04 bits per heavy atom. The maximum Gasteiger partial charge on any atom is 0.422 e. The molecule has 0 radical (unpaired) electrons. The molecule has 2 heterocycles. The molecule has 1 aromatic carbocycles. The van der Waals surface area contributed by atoms with E-state index in [-0.39, 0.29) is 22.6 Å². The number of fused-ring (bicyclic) bond motifs is 1. The number of benzene rings is 1. The number of alkyl halides is 3. The van der Waals surface area contributed by atoms with Gasteiger partial charge in [-0.1, -0.05) is 6.07 Å². The molecular formula is C17H16F3N3O3S. The Hall–Kier alpha value is -2.62. The number of imidazole rings is 1. The van der Waals surface area contributed by atoms with Crippen LogP contribution in [-0.4, -0.2) is 37.2 Å². The number of hydrogen-bond acceptors (Lipinski definition) is 4. The Morgan fingerprint density at radius 1 is 1.30 bits per heavy atom. The van der Waals surface area contributed by atoms with Crippen molar-refractivity contribution < 1.29 is 22.1 Å². The summed E-state index contributed by atoms with van der Waals surface area (Å²) < 4.78 is 57.2. The highest BCUT2D eigenvalue weighted by molar-refractivity contribution is 7.83. The van der Waals surface area contributed by atoms with E-state index >= 15 is 0 Å². The van der Waals surface area contributed by atoms with E-state index in [1.165, 1.54) is 40.0 Å². The van der Waals surface area contributed by atoms with Gasteiger partial charge in [0.05, 0.1) is 18.2 Å². The summed E-state index contributed by atoms with van der Waals surface area (Å²) in [4.78, 5) is 16.2. The number of aromatic nitrogens is 3. The molecule has 144 valence electrons. The maximum atomic E-state index is 12.6. The van der Waals surface area contributed by atoms with Gasteiger partial charge in [0.2, 0.25) is 0 Å². The third kappa shape index (κ3) is 4.21. The van der Waals surface area contributed by atoms with Crippen LogP contribution in [0.15, 0.2) is 41.7 Å². The topological polar surface area (TPSA) is 65.6 Å². The van der Waals surface area contributed by atoms with Crippen LogP contribution in [-0.2, 0) is 23.6 Å². The number of ether oxygens (including phenoxy) is 1. The number of hydrogen-bond donors (Lipinski definition) is 0. The third-order valence-corrected chi connectivity index (χ3v) is 4.57. The van der Waals surface area contributed by atoms with Gasteiger partial charge in [0, 0.05) is 41.6 Å². The van der Waals surface area contributed by atoms with Crippen molar-refractivity contribution in [2.45, 2.75) is 11.9 Å². The minimum absolute atomic E-state index is 0.00612. The average molecular weight is 399 g/mol. The van der Waals surface area contributed by atoms with Crippen molar-refractivity contribution in [2.75, 3.05) is 12.9 Å². The molecule has 0 saturated carbocycles. The zero-order chi connectivity index (χ0) is 19.8. The normalized spacial score (nSPS) is 13.1. The first-order valence-corrected chi connectivity index (χ1v) is 9.53. The van der Waals surface area contributed by atoms with Gasteiger partial charge in [0.15, 0.2) is 6.61 Å². The highest BCUT2D eigenvalue weighted by Crippen LogP contribution is 2.32. The van der Waals surface area contributed by atoms with Gasteiger partial charge in [0.1, 0.15) is 11.3 Å². The lowest BCUT2D eigenvalue weighted by Gasteiger charge is -2.16. The first-order valence-electron chi connectivity index (χ1n) is 7.80. The molecule has 0 N–H and O–H groups in total. The summed E-state index contributed by atoms with van der Waals surface area (Å²) in [6, 6.07) is 4.60.